The zero-order valence-corrected chi connectivity index (χ0v) is 13.4. The largest absolute Gasteiger partial charge is 0.301 e. The first-order chi connectivity index (χ1) is 9.06. The fraction of sp³-hybridized carbons (Fsp3) is 0.812. The van der Waals surface area contributed by atoms with Gasteiger partial charge in [0.05, 0.1) is 0 Å². The molecular weight excluding hydrogens is 234 g/mol. The predicted molar refractivity (Wildman–Crippen MR) is 84.9 cm³/mol. The van der Waals surface area contributed by atoms with E-state index in [1.807, 2.05) is 0 Å². The van der Waals surface area contributed by atoms with Crippen molar-refractivity contribution in [2.45, 2.75) is 41.0 Å². The Morgan fingerprint density at radius 1 is 1.11 bits per heavy atom. The van der Waals surface area contributed by atoms with Crippen LogP contribution >= 0.6 is 0 Å². The van der Waals surface area contributed by atoms with Crippen molar-refractivity contribution in [2.24, 2.45) is 10.9 Å². The Labute approximate surface area is 119 Å². The molecule has 1 fully saturated rings. The van der Waals surface area contributed by atoms with Crippen molar-refractivity contribution in [2.75, 3.05) is 39.3 Å². The standard InChI is InChI=1S/C16H31N3/c1-6-16(14(3)4)17-12-15(5)13-19-10-8-18(7-2)9-11-19/h12,14H,6-11,13H2,1-5H3/b15-12+,17-16?. The molecule has 0 aromatic carbocycles. The molecule has 0 aromatic rings. The van der Waals surface area contributed by atoms with Crippen LogP contribution in [0.2, 0.25) is 0 Å². The molecule has 1 rings (SSSR count). The maximum atomic E-state index is 4.66. The number of aliphatic imine (C=N–C) groups is 1. The second-order valence-electron chi connectivity index (χ2n) is 5.81. The summed E-state index contributed by atoms with van der Waals surface area (Å²) in [5, 5.41) is 0. The van der Waals surface area contributed by atoms with E-state index in [2.05, 4.69) is 55.6 Å². The van der Waals surface area contributed by atoms with E-state index in [0.29, 0.717) is 5.92 Å². The summed E-state index contributed by atoms with van der Waals surface area (Å²) in [6.45, 7) is 18.1. The number of piperazine rings is 1. The van der Waals surface area contributed by atoms with Crippen LogP contribution in [-0.4, -0.2) is 54.8 Å². The quantitative estimate of drug-likeness (QED) is 0.687. The number of nitrogens with zero attached hydrogens (tertiary/aromatic N) is 3. The molecule has 1 aliphatic heterocycles. The monoisotopic (exact) mass is 265 g/mol. The average molecular weight is 265 g/mol. The zero-order valence-electron chi connectivity index (χ0n) is 13.4. The van der Waals surface area contributed by atoms with Gasteiger partial charge in [-0.1, -0.05) is 27.7 Å². The highest BCUT2D eigenvalue weighted by molar-refractivity contribution is 5.86. The van der Waals surface area contributed by atoms with Gasteiger partial charge in [0.15, 0.2) is 0 Å². The molecule has 0 aromatic heterocycles. The van der Waals surface area contributed by atoms with Gasteiger partial charge in [0.25, 0.3) is 0 Å². The summed E-state index contributed by atoms with van der Waals surface area (Å²) in [5.41, 5.74) is 2.67. The third-order valence-corrected chi connectivity index (χ3v) is 3.86. The molecule has 1 saturated heterocycles. The lowest BCUT2D eigenvalue weighted by Crippen LogP contribution is -2.46. The van der Waals surface area contributed by atoms with Crippen LogP contribution in [0.5, 0.6) is 0 Å². The molecule has 19 heavy (non-hydrogen) atoms. The summed E-state index contributed by atoms with van der Waals surface area (Å²) < 4.78 is 0. The SMILES string of the molecule is CCC(=N/C=C(\C)CN1CCN(CC)CC1)C(C)C. The van der Waals surface area contributed by atoms with E-state index in [4.69, 9.17) is 0 Å². The zero-order chi connectivity index (χ0) is 14.3. The van der Waals surface area contributed by atoms with Crippen LogP contribution in [0.3, 0.4) is 0 Å². The lowest BCUT2D eigenvalue weighted by Gasteiger charge is -2.34. The van der Waals surface area contributed by atoms with Gasteiger partial charge in [0.2, 0.25) is 0 Å². The summed E-state index contributed by atoms with van der Waals surface area (Å²) in [4.78, 5) is 9.71. The third kappa shape index (κ3) is 5.87. The normalized spacial score (nSPS) is 20.3. The number of likely N-dealkylation sites (N-methyl/N-ethyl adjacent to an activating group) is 1. The third-order valence-electron chi connectivity index (χ3n) is 3.86. The minimum Gasteiger partial charge on any atom is -0.301 e. The second-order valence-corrected chi connectivity index (χ2v) is 5.81. The predicted octanol–water partition coefficient (Wildman–Crippen LogP) is 3.03. The summed E-state index contributed by atoms with van der Waals surface area (Å²) in [5.74, 6) is 0.558. The van der Waals surface area contributed by atoms with Crippen LogP contribution in [0.25, 0.3) is 0 Å². The molecule has 0 radical (unpaired) electrons. The van der Waals surface area contributed by atoms with Gasteiger partial charge in [-0.05, 0) is 31.4 Å². The van der Waals surface area contributed by atoms with Gasteiger partial charge < -0.3 is 4.90 Å². The minimum atomic E-state index is 0.558. The van der Waals surface area contributed by atoms with Crippen molar-refractivity contribution in [1.29, 1.82) is 0 Å². The summed E-state index contributed by atoms with van der Waals surface area (Å²) >= 11 is 0. The number of hydrogen-bond donors (Lipinski definition) is 0. The van der Waals surface area contributed by atoms with Gasteiger partial charge in [-0.25, -0.2) is 0 Å². The van der Waals surface area contributed by atoms with E-state index < -0.39 is 0 Å². The molecule has 1 heterocycles. The van der Waals surface area contributed by atoms with Crippen molar-refractivity contribution in [3.8, 4) is 0 Å². The topological polar surface area (TPSA) is 18.8 Å². The van der Waals surface area contributed by atoms with Crippen LogP contribution in [0.4, 0.5) is 0 Å². The molecule has 110 valence electrons. The van der Waals surface area contributed by atoms with E-state index in [1.54, 1.807) is 0 Å². The summed E-state index contributed by atoms with van der Waals surface area (Å²) in [6.07, 6.45) is 3.13. The van der Waals surface area contributed by atoms with Gasteiger partial charge in [-0.15, -0.1) is 0 Å². The highest BCUT2D eigenvalue weighted by atomic mass is 15.3. The molecule has 0 N–H and O–H groups in total. The maximum Gasteiger partial charge on any atom is 0.0269 e. The van der Waals surface area contributed by atoms with Crippen molar-refractivity contribution in [1.82, 2.24) is 9.80 Å². The first-order valence-electron chi connectivity index (χ1n) is 7.73. The molecular formula is C16H31N3. The molecule has 0 spiro atoms. The first-order valence-corrected chi connectivity index (χ1v) is 7.73. The van der Waals surface area contributed by atoms with E-state index in [-0.39, 0.29) is 0 Å². The van der Waals surface area contributed by atoms with Crippen molar-refractivity contribution < 1.29 is 0 Å². The van der Waals surface area contributed by atoms with E-state index in [1.165, 1.54) is 44.0 Å². The molecule has 0 unspecified atom stereocenters. The first kappa shape index (κ1) is 16.4. The molecule has 0 saturated carbocycles. The molecule has 3 nitrogen and oxygen atoms in total. The Morgan fingerprint density at radius 2 is 1.68 bits per heavy atom. The van der Waals surface area contributed by atoms with E-state index >= 15 is 0 Å². The van der Waals surface area contributed by atoms with E-state index in [9.17, 15) is 0 Å². The van der Waals surface area contributed by atoms with Gasteiger partial charge >= 0.3 is 0 Å². The Morgan fingerprint density at radius 3 is 2.16 bits per heavy atom. The van der Waals surface area contributed by atoms with E-state index in [0.717, 1.165) is 13.0 Å². The molecule has 0 bridgehead atoms. The smallest absolute Gasteiger partial charge is 0.0269 e. The molecule has 3 heteroatoms. The van der Waals surface area contributed by atoms with Gasteiger partial charge in [0, 0.05) is 44.6 Å². The van der Waals surface area contributed by atoms with Crippen LogP contribution in [-0.2, 0) is 0 Å². The Bertz CT molecular complexity index is 310. The van der Waals surface area contributed by atoms with Crippen molar-refractivity contribution in [3.05, 3.63) is 11.8 Å². The Hall–Kier alpha value is -0.670. The number of hydrogen-bond acceptors (Lipinski definition) is 3. The molecule has 0 atom stereocenters. The van der Waals surface area contributed by atoms with Crippen LogP contribution < -0.4 is 0 Å². The number of rotatable bonds is 6. The van der Waals surface area contributed by atoms with Crippen LogP contribution in [0.15, 0.2) is 16.8 Å². The lowest BCUT2D eigenvalue weighted by atomic mass is 10.1. The van der Waals surface area contributed by atoms with Crippen LogP contribution in [0.1, 0.15) is 41.0 Å². The van der Waals surface area contributed by atoms with Crippen molar-refractivity contribution in [3.63, 3.8) is 0 Å². The highest BCUT2D eigenvalue weighted by Crippen LogP contribution is 2.07. The minimum absolute atomic E-state index is 0.558. The fourth-order valence-electron chi connectivity index (χ4n) is 2.50. The molecule has 0 aliphatic carbocycles. The fourth-order valence-corrected chi connectivity index (χ4v) is 2.50. The molecule has 1 aliphatic rings. The highest BCUT2D eigenvalue weighted by Gasteiger charge is 2.15. The lowest BCUT2D eigenvalue weighted by molar-refractivity contribution is 0.146. The van der Waals surface area contributed by atoms with Gasteiger partial charge in [0.1, 0.15) is 0 Å². The maximum absolute atomic E-state index is 4.66. The summed E-state index contributed by atoms with van der Waals surface area (Å²) in [7, 11) is 0. The Balaban J connectivity index is 2.44. The second kappa shape index (κ2) is 8.49. The summed E-state index contributed by atoms with van der Waals surface area (Å²) in [6, 6.07) is 0. The molecule has 0 amide bonds. The van der Waals surface area contributed by atoms with Gasteiger partial charge in [-0.2, -0.15) is 0 Å². The van der Waals surface area contributed by atoms with Crippen molar-refractivity contribution >= 4 is 5.71 Å². The van der Waals surface area contributed by atoms with Gasteiger partial charge in [-0.3, -0.25) is 9.89 Å². The Kier molecular flexibility index (Phi) is 7.32. The van der Waals surface area contributed by atoms with Crippen LogP contribution in [0, 0.1) is 5.92 Å². The average Bonchev–Trinajstić information content (AvgIpc) is 2.40.